The molecular formula is C17H20N4. The number of nitrogens with zero attached hydrogens (tertiary/aromatic N) is 3. The van der Waals surface area contributed by atoms with Crippen LogP contribution < -0.4 is 5.32 Å². The molecule has 0 bridgehead atoms. The summed E-state index contributed by atoms with van der Waals surface area (Å²) in [5.74, 6) is 2.07. The predicted octanol–water partition coefficient (Wildman–Crippen LogP) is 3.47. The molecular weight excluding hydrogens is 260 g/mol. The maximum Gasteiger partial charge on any atom is 0.131 e. The molecule has 108 valence electrons. The second kappa shape index (κ2) is 5.95. The summed E-state index contributed by atoms with van der Waals surface area (Å²) in [5, 5.41) is 4.55. The molecule has 0 aliphatic carbocycles. The molecule has 1 N–H and O–H groups in total. The summed E-state index contributed by atoms with van der Waals surface area (Å²) < 4.78 is 2.19. The lowest BCUT2D eigenvalue weighted by atomic mass is 10.1. The number of rotatable bonds is 5. The van der Waals surface area contributed by atoms with Gasteiger partial charge in [0, 0.05) is 36.3 Å². The van der Waals surface area contributed by atoms with Gasteiger partial charge in [0.15, 0.2) is 0 Å². The molecule has 0 aliphatic heterocycles. The van der Waals surface area contributed by atoms with Crippen molar-refractivity contribution in [2.45, 2.75) is 26.8 Å². The third-order valence-corrected chi connectivity index (χ3v) is 3.61. The van der Waals surface area contributed by atoms with Gasteiger partial charge >= 0.3 is 0 Å². The van der Waals surface area contributed by atoms with Gasteiger partial charge < -0.3 is 9.88 Å². The third kappa shape index (κ3) is 2.75. The SMILES string of the molecule is CCNc1nc2ccccc2cc1Cn1ccnc1CC. The fourth-order valence-corrected chi connectivity index (χ4v) is 2.58. The maximum atomic E-state index is 4.76. The Bertz CT molecular complexity index is 745. The van der Waals surface area contributed by atoms with Crippen LogP contribution in [0.4, 0.5) is 5.82 Å². The lowest BCUT2D eigenvalue weighted by Crippen LogP contribution is -2.09. The van der Waals surface area contributed by atoms with Crippen LogP contribution in [-0.2, 0) is 13.0 Å². The predicted molar refractivity (Wildman–Crippen MR) is 86.6 cm³/mol. The van der Waals surface area contributed by atoms with Gasteiger partial charge in [-0.15, -0.1) is 0 Å². The minimum atomic E-state index is 0.795. The number of aryl methyl sites for hydroxylation is 1. The zero-order valence-corrected chi connectivity index (χ0v) is 12.5. The van der Waals surface area contributed by atoms with Crippen LogP contribution in [0.5, 0.6) is 0 Å². The van der Waals surface area contributed by atoms with Gasteiger partial charge in [0.25, 0.3) is 0 Å². The zero-order valence-electron chi connectivity index (χ0n) is 12.5. The van der Waals surface area contributed by atoms with E-state index in [-0.39, 0.29) is 0 Å². The first-order valence-corrected chi connectivity index (χ1v) is 7.44. The Morgan fingerprint density at radius 1 is 1.19 bits per heavy atom. The summed E-state index contributed by atoms with van der Waals surface area (Å²) in [6.07, 6.45) is 4.83. The largest absolute Gasteiger partial charge is 0.370 e. The summed E-state index contributed by atoms with van der Waals surface area (Å²) in [5.41, 5.74) is 2.22. The molecule has 3 aromatic rings. The van der Waals surface area contributed by atoms with Crippen LogP contribution in [0, 0.1) is 0 Å². The zero-order chi connectivity index (χ0) is 14.7. The molecule has 0 aliphatic rings. The normalized spacial score (nSPS) is 11.0. The summed E-state index contributed by atoms with van der Waals surface area (Å²) in [7, 11) is 0. The van der Waals surface area contributed by atoms with Gasteiger partial charge in [-0.2, -0.15) is 0 Å². The molecule has 4 nitrogen and oxygen atoms in total. The molecule has 0 amide bonds. The first-order valence-electron chi connectivity index (χ1n) is 7.44. The molecule has 2 aromatic heterocycles. The van der Waals surface area contributed by atoms with Crippen molar-refractivity contribution >= 4 is 16.7 Å². The summed E-state index contributed by atoms with van der Waals surface area (Å²) >= 11 is 0. The van der Waals surface area contributed by atoms with E-state index in [4.69, 9.17) is 4.98 Å². The van der Waals surface area contributed by atoms with Crippen LogP contribution in [0.15, 0.2) is 42.7 Å². The van der Waals surface area contributed by atoms with Gasteiger partial charge in [0.1, 0.15) is 11.6 Å². The van der Waals surface area contributed by atoms with Crippen LogP contribution in [0.1, 0.15) is 25.2 Å². The standard InChI is InChI=1S/C17H20N4/c1-3-16-19-9-10-21(16)12-14-11-13-7-5-6-8-15(13)20-17(14)18-4-2/h5-11H,3-4,12H2,1-2H3,(H,18,20). The molecule has 0 unspecified atom stereocenters. The van der Waals surface area contributed by atoms with Crippen molar-refractivity contribution in [3.05, 3.63) is 54.1 Å². The highest BCUT2D eigenvalue weighted by Crippen LogP contribution is 2.21. The van der Waals surface area contributed by atoms with Crippen LogP contribution in [-0.4, -0.2) is 21.1 Å². The quantitative estimate of drug-likeness (QED) is 0.778. The van der Waals surface area contributed by atoms with Crippen LogP contribution in [0.3, 0.4) is 0 Å². The summed E-state index contributed by atoms with van der Waals surface area (Å²) in [6, 6.07) is 10.5. The first-order chi connectivity index (χ1) is 10.3. The van der Waals surface area contributed by atoms with E-state index < -0.39 is 0 Å². The van der Waals surface area contributed by atoms with Crippen molar-refractivity contribution in [3.8, 4) is 0 Å². The average molecular weight is 280 g/mol. The fraction of sp³-hybridized carbons (Fsp3) is 0.294. The molecule has 4 heteroatoms. The van der Waals surface area contributed by atoms with Gasteiger partial charge in [-0.05, 0) is 19.1 Å². The number of para-hydroxylation sites is 1. The Kier molecular flexibility index (Phi) is 3.86. The highest BCUT2D eigenvalue weighted by Gasteiger charge is 2.09. The minimum Gasteiger partial charge on any atom is -0.370 e. The molecule has 0 saturated carbocycles. The van der Waals surface area contributed by atoms with E-state index in [2.05, 4.69) is 53.0 Å². The van der Waals surface area contributed by atoms with Crippen molar-refractivity contribution in [1.29, 1.82) is 0 Å². The van der Waals surface area contributed by atoms with E-state index in [0.29, 0.717) is 0 Å². The molecule has 0 saturated heterocycles. The number of benzene rings is 1. The smallest absolute Gasteiger partial charge is 0.131 e. The lowest BCUT2D eigenvalue weighted by Gasteiger charge is -2.13. The second-order valence-electron chi connectivity index (χ2n) is 5.04. The summed E-state index contributed by atoms with van der Waals surface area (Å²) in [4.78, 5) is 9.15. The van der Waals surface area contributed by atoms with E-state index in [1.807, 2.05) is 18.5 Å². The number of hydrogen-bond acceptors (Lipinski definition) is 3. The van der Waals surface area contributed by atoms with Gasteiger partial charge in [0.2, 0.25) is 0 Å². The molecule has 0 spiro atoms. The van der Waals surface area contributed by atoms with Gasteiger partial charge in [0.05, 0.1) is 12.1 Å². The van der Waals surface area contributed by atoms with Crippen molar-refractivity contribution in [2.24, 2.45) is 0 Å². The lowest BCUT2D eigenvalue weighted by molar-refractivity contribution is 0.731. The number of anilines is 1. The van der Waals surface area contributed by atoms with E-state index in [0.717, 1.165) is 36.7 Å². The molecule has 0 fully saturated rings. The minimum absolute atomic E-state index is 0.795. The highest BCUT2D eigenvalue weighted by atomic mass is 15.1. The highest BCUT2D eigenvalue weighted by molar-refractivity contribution is 5.81. The molecule has 2 heterocycles. The van der Waals surface area contributed by atoms with Gasteiger partial charge in [-0.25, -0.2) is 9.97 Å². The van der Waals surface area contributed by atoms with Gasteiger partial charge in [-0.3, -0.25) is 0 Å². The van der Waals surface area contributed by atoms with Crippen molar-refractivity contribution in [1.82, 2.24) is 14.5 Å². The molecule has 0 atom stereocenters. The van der Waals surface area contributed by atoms with E-state index in [1.165, 1.54) is 10.9 Å². The van der Waals surface area contributed by atoms with Gasteiger partial charge in [-0.1, -0.05) is 25.1 Å². The average Bonchev–Trinajstić information content (AvgIpc) is 2.95. The number of hydrogen-bond donors (Lipinski definition) is 1. The van der Waals surface area contributed by atoms with Crippen molar-refractivity contribution < 1.29 is 0 Å². The van der Waals surface area contributed by atoms with E-state index in [9.17, 15) is 0 Å². The first kappa shape index (κ1) is 13.6. The third-order valence-electron chi connectivity index (χ3n) is 3.61. The number of nitrogens with one attached hydrogen (secondary N) is 1. The Morgan fingerprint density at radius 3 is 2.86 bits per heavy atom. The Labute approximate surface area is 124 Å². The van der Waals surface area contributed by atoms with Crippen LogP contribution in [0.2, 0.25) is 0 Å². The molecule has 1 aromatic carbocycles. The van der Waals surface area contributed by atoms with E-state index in [1.54, 1.807) is 0 Å². The number of fused-ring (bicyclic) bond motifs is 1. The molecule has 21 heavy (non-hydrogen) atoms. The second-order valence-corrected chi connectivity index (χ2v) is 5.04. The molecule has 0 radical (unpaired) electrons. The van der Waals surface area contributed by atoms with Crippen LogP contribution in [0.25, 0.3) is 10.9 Å². The summed E-state index contributed by atoms with van der Waals surface area (Å²) in [6.45, 7) is 5.88. The Balaban J connectivity index is 2.04. The van der Waals surface area contributed by atoms with Crippen molar-refractivity contribution in [2.75, 3.05) is 11.9 Å². The Morgan fingerprint density at radius 2 is 2.05 bits per heavy atom. The fourth-order valence-electron chi connectivity index (χ4n) is 2.58. The van der Waals surface area contributed by atoms with Crippen molar-refractivity contribution in [3.63, 3.8) is 0 Å². The van der Waals surface area contributed by atoms with Crippen LogP contribution >= 0.6 is 0 Å². The topological polar surface area (TPSA) is 42.7 Å². The number of pyridine rings is 1. The Hall–Kier alpha value is -2.36. The monoisotopic (exact) mass is 280 g/mol. The molecule has 3 rings (SSSR count). The number of aromatic nitrogens is 3. The maximum absolute atomic E-state index is 4.76. The van der Waals surface area contributed by atoms with E-state index >= 15 is 0 Å². The number of imidazole rings is 1.